The average molecular weight is 256 g/mol. The van der Waals surface area contributed by atoms with Gasteiger partial charge in [-0.2, -0.15) is 0 Å². The molecule has 1 N–H and O–H groups in total. The minimum Gasteiger partial charge on any atom is -0.380 e. The van der Waals surface area contributed by atoms with Gasteiger partial charge in [0.15, 0.2) is 0 Å². The van der Waals surface area contributed by atoms with Crippen molar-refractivity contribution in [1.82, 2.24) is 10.3 Å². The molecular formula is C16H20N2O. The Morgan fingerprint density at radius 2 is 1.84 bits per heavy atom. The molecule has 0 aliphatic rings. The average Bonchev–Trinajstić information content (AvgIpc) is 2.47. The van der Waals surface area contributed by atoms with Gasteiger partial charge < -0.3 is 10.1 Å². The van der Waals surface area contributed by atoms with Gasteiger partial charge in [-0.1, -0.05) is 30.3 Å². The van der Waals surface area contributed by atoms with Crippen LogP contribution in [0.15, 0.2) is 48.7 Å². The Morgan fingerprint density at radius 3 is 2.53 bits per heavy atom. The molecule has 0 unspecified atom stereocenters. The first-order valence-electron chi connectivity index (χ1n) is 6.56. The van der Waals surface area contributed by atoms with Crippen LogP contribution in [0.3, 0.4) is 0 Å². The van der Waals surface area contributed by atoms with Crippen LogP contribution in [0.2, 0.25) is 0 Å². The van der Waals surface area contributed by atoms with Gasteiger partial charge in [0.1, 0.15) is 0 Å². The number of hydrogen-bond donors (Lipinski definition) is 1. The van der Waals surface area contributed by atoms with E-state index in [4.69, 9.17) is 4.74 Å². The zero-order valence-corrected chi connectivity index (χ0v) is 11.3. The van der Waals surface area contributed by atoms with Crippen molar-refractivity contribution in [2.45, 2.75) is 19.6 Å². The minimum atomic E-state index is 0.674. The zero-order valence-electron chi connectivity index (χ0n) is 11.3. The summed E-state index contributed by atoms with van der Waals surface area (Å²) in [6.45, 7) is 2.50. The van der Waals surface area contributed by atoms with Crippen LogP contribution in [-0.2, 0) is 24.3 Å². The third-order valence-electron chi connectivity index (χ3n) is 2.95. The maximum atomic E-state index is 5.09. The largest absolute Gasteiger partial charge is 0.380 e. The molecule has 2 rings (SSSR count). The Labute approximate surface area is 114 Å². The van der Waals surface area contributed by atoms with E-state index in [-0.39, 0.29) is 0 Å². The van der Waals surface area contributed by atoms with Crippen LogP contribution in [-0.4, -0.2) is 18.6 Å². The first-order valence-corrected chi connectivity index (χ1v) is 6.56. The second-order valence-electron chi connectivity index (χ2n) is 4.50. The van der Waals surface area contributed by atoms with Crippen LogP contribution in [0.5, 0.6) is 0 Å². The highest BCUT2D eigenvalue weighted by atomic mass is 16.5. The van der Waals surface area contributed by atoms with Crippen molar-refractivity contribution in [2.24, 2.45) is 0 Å². The van der Waals surface area contributed by atoms with E-state index in [1.165, 1.54) is 11.1 Å². The second-order valence-corrected chi connectivity index (χ2v) is 4.50. The molecule has 0 aliphatic carbocycles. The quantitative estimate of drug-likeness (QED) is 0.773. The van der Waals surface area contributed by atoms with E-state index in [1.54, 1.807) is 7.11 Å². The monoisotopic (exact) mass is 256 g/mol. The molecule has 0 radical (unpaired) electrons. The molecule has 0 saturated heterocycles. The van der Waals surface area contributed by atoms with E-state index in [0.717, 1.165) is 25.2 Å². The lowest BCUT2D eigenvalue weighted by Gasteiger charge is -2.06. The van der Waals surface area contributed by atoms with Crippen LogP contribution < -0.4 is 5.32 Å². The van der Waals surface area contributed by atoms with Gasteiger partial charge in [0.25, 0.3) is 0 Å². The number of methoxy groups -OCH3 is 1. The molecule has 19 heavy (non-hydrogen) atoms. The Kier molecular flexibility index (Phi) is 5.53. The molecule has 0 bridgehead atoms. The molecule has 0 aliphatic heterocycles. The van der Waals surface area contributed by atoms with Gasteiger partial charge >= 0.3 is 0 Å². The molecule has 0 amide bonds. The maximum Gasteiger partial charge on any atom is 0.0713 e. The van der Waals surface area contributed by atoms with Crippen molar-refractivity contribution in [3.8, 4) is 0 Å². The van der Waals surface area contributed by atoms with Crippen LogP contribution in [0.25, 0.3) is 0 Å². The van der Waals surface area contributed by atoms with E-state index in [1.807, 2.05) is 18.3 Å². The number of aromatic nitrogens is 1. The fourth-order valence-corrected chi connectivity index (χ4v) is 1.92. The Morgan fingerprint density at radius 1 is 1.05 bits per heavy atom. The third kappa shape index (κ3) is 4.81. The summed E-state index contributed by atoms with van der Waals surface area (Å²) in [4.78, 5) is 4.30. The maximum absolute atomic E-state index is 5.09. The van der Waals surface area contributed by atoms with Gasteiger partial charge in [-0.15, -0.1) is 0 Å². The predicted molar refractivity (Wildman–Crippen MR) is 76.8 cm³/mol. The summed E-state index contributed by atoms with van der Waals surface area (Å²) < 4.78 is 5.09. The minimum absolute atomic E-state index is 0.674. The molecule has 0 atom stereocenters. The van der Waals surface area contributed by atoms with Gasteiger partial charge in [-0.3, -0.25) is 4.98 Å². The number of hydrogen-bond acceptors (Lipinski definition) is 3. The standard InChI is InChI=1S/C16H20N2O/c1-19-13-15-7-5-14(6-8-15)12-17-11-9-16-4-2-3-10-18-16/h2-8,10,17H,9,11-13H2,1H3. The molecular weight excluding hydrogens is 236 g/mol. The van der Waals surface area contributed by atoms with Crippen molar-refractivity contribution < 1.29 is 4.74 Å². The number of nitrogens with one attached hydrogen (secondary N) is 1. The molecule has 0 saturated carbocycles. The molecule has 1 aromatic carbocycles. The van der Waals surface area contributed by atoms with Crippen molar-refractivity contribution in [3.05, 3.63) is 65.5 Å². The van der Waals surface area contributed by atoms with E-state index in [9.17, 15) is 0 Å². The molecule has 1 heterocycles. The van der Waals surface area contributed by atoms with Crippen LogP contribution in [0.4, 0.5) is 0 Å². The zero-order chi connectivity index (χ0) is 13.3. The summed E-state index contributed by atoms with van der Waals surface area (Å²) in [5, 5.41) is 3.43. The highest BCUT2D eigenvalue weighted by molar-refractivity contribution is 5.21. The lowest BCUT2D eigenvalue weighted by atomic mass is 10.1. The first kappa shape index (κ1) is 13.7. The van der Waals surface area contributed by atoms with Gasteiger partial charge in [-0.05, 0) is 23.3 Å². The summed E-state index contributed by atoms with van der Waals surface area (Å²) in [6, 6.07) is 14.5. The smallest absolute Gasteiger partial charge is 0.0713 e. The van der Waals surface area contributed by atoms with Gasteiger partial charge in [-0.25, -0.2) is 0 Å². The summed E-state index contributed by atoms with van der Waals surface area (Å²) >= 11 is 0. The normalized spacial score (nSPS) is 10.6. The molecule has 3 nitrogen and oxygen atoms in total. The summed E-state index contributed by atoms with van der Waals surface area (Å²) in [7, 11) is 1.72. The Bertz CT molecular complexity index is 468. The van der Waals surface area contributed by atoms with E-state index in [0.29, 0.717) is 6.61 Å². The number of benzene rings is 1. The Balaban J connectivity index is 1.70. The number of ether oxygens (including phenoxy) is 1. The fourth-order valence-electron chi connectivity index (χ4n) is 1.92. The number of pyridine rings is 1. The topological polar surface area (TPSA) is 34.1 Å². The molecule has 0 fully saturated rings. The van der Waals surface area contributed by atoms with E-state index < -0.39 is 0 Å². The van der Waals surface area contributed by atoms with Crippen LogP contribution >= 0.6 is 0 Å². The summed E-state index contributed by atoms with van der Waals surface area (Å²) in [5.74, 6) is 0. The van der Waals surface area contributed by atoms with Crippen molar-refractivity contribution in [3.63, 3.8) is 0 Å². The second kappa shape index (κ2) is 7.67. The first-order chi connectivity index (χ1) is 9.38. The predicted octanol–water partition coefficient (Wildman–Crippen LogP) is 2.56. The van der Waals surface area contributed by atoms with Gasteiger partial charge in [0, 0.05) is 38.5 Å². The highest BCUT2D eigenvalue weighted by Gasteiger charge is 1.96. The number of nitrogens with zero attached hydrogens (tertiary/aromatic N) is 1. The van der Waals surface area contributed by atoms with E-state index >= 15 is 0 Å². The van der Waals surface area contributed by atoms with Crippen LogP contribution in [0.1, 0.15) is 16.8 Å². The lowest BCUT2D eigenvalue weighted by Crippen LogP contribution is -2.17. The molecule has 2 aromatic rings. The Hall–Kier alpha value is -1.71. The molecule has 3 heteroatoms. The third-order valence-corrected chi connectivity index (χ3v) is 2.95. The molecule has 100 valence electrons. The molecule has 0 spiro atoms. The van der Waals surface area contributed by atoms with E-state index in [2.05, 4.69) is 40.6 Å². The van der Waals surface area contributed by atoms with Crippen molar-refractivity contribution in [1.29, 1.82) is 0 Å². The summed E-state index contributed by atoms with van der Waals surface area (Å²) in [6.07, 6.45) is 2.80. The van der Waals surface area contributed by atoms with Gasteiger partial charge in [0.2, 0.25) is 0 Å². The summed E-state index contributed by atoms with van der Waals surface area (Å²) in [5.41, 5.74) is 3.63. The fraction of sp³-hybridized carbons (Fsp3) is 0.312. The lowest BCUT2D eigenvalue weighted by molar-refractivity contribution is 0.185. The van der Waals surface area contributed by atoms with Crippen molar-refractivity contribution >= 4 is 0 Å². The van der Waals surface area contributed by atoms with Crippen molar-refractivity contribution in [2.75, 3.05) is 13.7 Å². The van der Waals surface area contributed by atoms with Crippen LogP contribution in [0, 0.1) is 0 Å². The van der Waals surface area contributed by atoms with Gasteiger partial charge in [0.05, 0.1) is 6.61 Å². The number of rotatable bonds is 7. The highest BCUT2D eigenvalue weighted by Crippen LogP contribution is 2.05. The SMILES string of the molecule is COCc1ccc(CNCCc2ccccn2)cc1. The molecule has 1 aromatic heterocycles.